The molecule has 1 atom stereocenters. The van der Waals surface area contributed by atoms with E-state index in [0.29, 0.717) is 0 Å². The summed E-state index contributed by atoms with van der Waals surface area (Å²) in [5, 5.41) is 2.41. The Hall–Kier alpha value is -1.10. The molecule has 0 spiro atoms. The fraction of sp³-hybridized carbons (Fsp3) is 0.750. The molecule has 1 aliphatic heterocycles. The van der Waals surface area contributed by atoms with Crippen molar-refractivity contribution in [2.75, 3.05) is 7.05 Å². The van der Waals surface area contributed by atoms with Gasteiger partial charge in [-0.1, -0.05) is 0 Å². The van der Waals surface area contributed by atoms with Crippen LogP contribution in [0.5, 0.6) is 0 Å². The maximum atomic E-state index is 11.1. The number of nitrogens with one attached hydrogen (secondary N) is 1. The topological polar surface area (TPSA) is 64.6 Å². The SMILES string of the molecule is CNC(=O)C[C@H]1OC(C)(C)OC1=O. The van der Waals surface area contributed by atoms with Gasteiger partial charge in [-0.2, -0.15) is 0 Å². The maximum absolute atomic E-state index is 11.1. The highest BCUT2D eigenvalue weighted by Crippen LogP contribution is 2.25. The molecule has 0 aliphatic carbocycles. The maximum Gasteiger partial charge on any atom is 0.338 e. The van der Waals surface area contributed by atoms with E-state index in [0.717, 1.165) is 0 Å². The highest BCUT2D eigenvalue weighted by Gasteiger charge is 2.41. The Balaban J connectivity index is 2.54. The molecule has 13 heavy (non-hydrogen) atoms. The van der Waals surface area contributed by atoms with Gasteiger partial charge in [0.15, 0.2) is 6.10 Å². The zero-order chi connectivity index (χ0) is 10.1. The molecular weight excluding hydrogens is 174 g/mol. The van der Waals surface area contributed by atoms with E-state index in [4.69, 9.17) is 9.47 Å². The van der Waals surface area contributed by atoms with Crippen LogP contribution in [0.1, 0.15) is 20.3 Å². The zero-order valence-electron chi connectivity index (χ0n) is 7.92. The van der Waals surface area contributed by atoms with E-state index in [1.54, 1.807) is 13.8 Å². The van der Waals surface area contributed by atoms with Gasteiger partial charge < -0.3 is 14.8 Å². The quantitative estimate of drug-likeness (QED) is 0.608. The van der Waals surface area contributed by atoms with Crippen molar-refractivity contribution in [3.05, 3.63) is 0 Å². The number of carbonyl (C=O) groups excluding carboxylic acids is 2. The molecule has 1 amide bonds. The Bertz CT molecular complexity index is 236. The molecule has 1 N–H and O–H groups in total. The molecule has 0 bridgehead atoms. The van der Waals surface area contributed by atoms with Gasteiger partial charge in [-0.15, -0.1) is 0 Å². The van der Waals surface area contributed by atoms with Crippen LogP contribution in [0, 0.1) is 0 Å². The second-order valence-electron chi connectivity index (χ2n) is 3.30. The lowest BCUT2D eigenvalue weighted by Crippen LogP contribution is -2.28. The molecule has 0 aromatic carbocycles. The number of amides is 1. The standard InChI is InChI=1S/C8H13NO4/c1-8(2)12-5(7(11)13-8)4-6(10)9-3/h5H,4H2,1-3H3,(H,9,10)/t5-/m1/s1. The number of cyclic esters (lactones) is 1. The van der Waals surface area contributed by atoms with E-state index < -0.39 is 17.9 Å². The highest BCUT2D eigenvalue weighted by atomic mass is 16.8. The van der Waals surface area contributed by atoms with Crippen LogP contribution in [0.15, 0.2) is 0 Å². The molecule has 74 valence electrons. The first-order valence-electron chi connectivity index (χ1n) is 4.06. The lowest BCUT2D eigenvalue weighted by Gasteiger charge is -2.14. The lowest BCUT2D eigenvalue weighted by molar-refractivity contribution is -0.160. The molecule has 0 aromatic heterocycles. The fourth-order valence-corrected chi connectivity index (χ4v) is 1.12. The van der Waals surface area contributed by atoms with Crippen LogP contribution in [0.3, 0.4) is 0 Å². The van der Waals surface area contributed by atoms with Crippen molar-refractivity contribution in [1.82, 2.24) is 5.32 Å². The Kier molecular flexibility index (Phi) is 2.56. The normalized spacial score (nSPS) is 25.5. The smallest absolute Gasteiger partial charge is 0.338 e. The Labute approximate surface area is 76.4 Å². The molecule has 5 nitrogen and oxygen atoms in total. The van der Waals surface area contributed by atoms with Gasteiger partial charge in [0, 0.05) is 20.9 Å². The van der Waals surface area contributed by atoms with E-state index in [1.807, 2.05) is 0 Å². The molecule has 1 rings (SSSR count). The molecule has 1 fully saturated rings. The van der Waals surface area contributed by atoms with Gasteiger partial charge in [-0.25, -0.2) is 4.79 Å². The highest BCUT2D eigenvalue weighted by molar-refractivity contribution is 5.85. The van der Waals surface area contributed by atoms with Gasteiger partial charge in [0.1, 0.15) is 0 Å². The number of ether oxygens (including phenoxy) is 2. The van der Waals surface area contributed by atoms with Gasteiger partial charge in [-0.3, -0.25) is 4.79 Å². The Morgan fingerprint density at radius 1 is 1.62 bits per heavy atom. The first-order chi connectivity index (χ1) is 5.94. The average molecular weight is 187 g/mol. The van der Waals surface area contributed by atoms with Gasteiger partial charge in [0.2, 0.25) is 11.7 Å². The summed E-state index contributed by atoms with van der Waals surface area (Å²) in [4.78, 5) is 22.0. The summed E-state index contributed by atoms with van der Waals surface area (Å²) >= 11 is 0. The van der Waals surface area contributed by atoms with E-state index in [-0.39, 0.29) is 12.3 Å². The molecule has 0 unspecified atom stereocenters. The van der Waals surface area contributed by atoms with Crippen molar-refractivity contribution in [2.45, 2.75) is 32.2 Å². The molecule has 1 heterocycles. The minimum Gasteiger partial charge on any atom is -0.432 e. The van der Waals surface area contributed by atoms with Crippen molar-refractivity contribution in [2.24, 2.45) is 0 Å². The van der Waals surface area contributed by atoms with Gasteiger partial charge >= 0.3 is 5.97 Å². The van der Waals surface area contributed by atoms with Crippen LogP contribution >= 0.6 is 0 Å². The third-order valence-electron chi connectivity index (χ3n) is 1.68. The minimum atomic E-state index is -0.907. The van der Waals surface area contributed by atoms with Crippen LogP contribution in [0.4, 0.5) is 0 Å². The molecule has 5 heteroatoms. The van der Waals surface area contributed by atoms with Gasteiger partial charge in [0.25, 0.3) is 0 Å². The summed E-state index contributed by atoms with van der Waals surface area (Å²) in [6.45, 7) is 3.27. The van der Waals surface area contributed by atoms with Crippen LogP contribution in [0.25, 0.3) is 0 Å². The number of carbonyl (C=O) groups is 2. The largest absolute Gasteiger partial charge is 0.432 e. The first-order valence-corrected chi connectivity index (χ1v) is 4.06. The summed E-state index contributed by atoms with van der Waals surface area (Å²) in [6.07, 6.45) is -0.756. The number of hydrogen-bond acceptors (Lipinski definition) is 4. The molecular formula is C8H13NO4. The summed E-state index contributed by atoms with van der Waals surface area (Å²) in [6, 6.07) is 0. The van der Waals surface area contributed by atoms with Crippen molar-refractivity contribution < 1.29 is 19.1 Å². The number of hydrogen-bond donors (Lipinski definition) is 1. The van der Waals surface area contributed by atoms with Crippen LogP contribution in [-0.2, 0) is 19.1 Å². The van der Waals surface area contributed by atoms with E-state index in [1.165, 1.54) is 7.05 Å². The monoisotopic (exact) mass is 187 g/mol. The lowest BCUT2D eigenvalue weighted by atomic mass is 10.2. The summed E-state index contributed by atoms with van der Waals surface area (Å²) < 4.78 is 10.1. The predicted octanol–water partition coefficient (Wildman–Crippen LogP) is -0.199. The Morgan fingerprint density at radius 2 is 2.23 bits per heavy atom. The zero-order valence-corrected chi connectivity index (χ0v) is 7.92. The summed E-state index contributed by atoms with van der Waals surface area (Å²) in [5.74, 6) is -1.62. The van der Waals surface area contributed by atoms with E-state index >= 15 is 0 Å². The van der Waals surface area contributed by atoms with Crippen LogP contribution < -0.4 is 5.32 Å². The molecule has 1 aliphatic rings. The third-order valence-corrected chi connectivity index (χ3v) is 1.68. The molecule has 0 radical (unpaired) electrons. The molecule has 0 aromatic rings. The van der Waals surface area contributed by atoms with Crippen molar-refractivity contribution in [1.29, 1.82) is 0 Å². The summed E-state index contributed by atoms with van der Waals surface area (Å²) in [5.41, 5.74) is 0. The predicted molar refractivity (Wildman–Crippen MR) is 43.7 cm³/mol. The summed E-state index contributed by atoms with van der Waals surface area (Å²) in [7, 11) is 1.51. The van der Waals surface area contributed by atoms with Crippen molar-refractivity contribution >= 4 is 11.9 Å². The van der Waals surface area contributed by atoms with Crippen molar-refractivity contribution in [3.8, 4) is 0 Å². The van der Waals surface area contributed by atoms with Crippen molar-refractivity contribution in [3.63, 3.8) is 0 Å². The van der Waals surface area contributed by atoms with Crippen LogP contribution in [0.2, 0.25) is 0 Å². The first kappa shape index (κ1) is 9.98. The van der Waals surface area contributed by atoms with E-state index in [2.05, 4.69) is 5.32 Å². The second-order valence-corrected chi connectivity index (χ2v) is 3.30. The molecule has 1 saturated heterocycles. The molecule has 0 saturated carbocycles. The number of esters is 1. The third kappa shape index (κ3) is 2.42. The minimum absolute atomic E-state index is 0.0127. The number of rotatable bonds is 2. The fourth-order valence-electron chi connectivity index (χ4n) is 1.12. The van der Waals surface area contributed by atoms with Gasteiger partial charge in [0.05, 0.1) is 6.42 Å². The Morgan fingerprint density at radius 3 is 2.62 bits per heavy atom. The van der Waals surface area contributed by atoms with E-state index in [9.17, 15) is 9.59 Å². The van der Waals surface area contributed by atoms with Gasteiger partial charge in [-0.05, 0) is 0 Å². The average Bonchev–Trinajstić information content (AvgIpc) is 2.24. The van der Waals surface area contributed by atoms with Crippen LogP contribution in [-0.4, -0.2) is 30.8 Å². The second kappa shape index (κ2) is 3.33.